The maximum absolute atomic E-state index is 12.8. The largest absolute Gasteiger partial charge is 0.451 e. The van der Waals surface area contributed by atoms with Gasteiger partial charge in [0.1, 0.15) is 5.82 Å². The average molecular weight is 479 g/mol. The van der Waals surface area contributed by atoms with E-state index in [0.29, 0.717) is 22.3 Å². The lowest BCUT2D eigenvalue weighted by atomic mass is 10.1. The van der Waals surface area contributed by atoms with Crippen LogP contribution in [0, 0.1) is 0 Å². The van der Waals surface area contributed by atoms with Crippen molar-refractivity contribution in [3.63, 3.8) is 0 Å². The van der Waals surface area contributed by atoms with Crippen LogP contribution in [-0.4, -0.2) is 38.0 Å². The predicted octanol–water partition coefficient (Wildman–Crippen LogP) is 3.58. The Morgan fingerprint density at radius 1 is 0.861 bits per heavy atom. The molecule has 0 unspecified atom stereocenters. The number of esters is 1. The Kier molecular flexibility index (Phi) is 6.10. The molecular formula is C27H21N5O4. The second-order valence-corrected chi connectivity index (χ2v) is 7.98. The third-order valence-corrected chi connectivity index (χ3v) is 5.53. The van der Waals surface area contributed by atoms with Crippen LogP contribution in [-0.2, 0) is 16.6 Å². The molecule has 3 aromatic carbocycles. The van der Waals surface area contributed by atoms with E-state index in [2.05, 4.69) is 15.5 Å². The number of aromatic nitrogens is 4. The molecule has 1 N–H and O–H groups in total. The highest BCUT2D eigenvalue weighted by molar-refractivity contribution is 6.03. The fourth-order valence-electron chi connectivity index (χ4n) is 3.82. The number of aryl methyl sites for hydroxylation is 1. The van der Waals surface area contributed by atoms with E-state index in [1.54, 1.807) is 35.0 Å². The third kappa shape index (κ3) is 4.49. The number of fused-ring (bicyclic) bond motifs is 1. The number of hydrogen-bond acceptors (Lipinski definition) is 6. The molecule has 0 aliphatic carbocycles. The minimum Gasteiger partial charge on any atom is -0.451 e. The molecule has 9 heteroatoms. The quantitative estimate of drug-likeness (QED) is 0.373. The second kappa shape index (κ2) is 9.67. The molecule has 0 bridgehead atoms. The summed E-state index contributed by atoms with van der Waals surface area (Å²) in [5.41, 5.74) is 1.95. The van der Waals surface area contributed by atoms with Crippen molar-refractivity contribution in [1.82, 2.24) is 19.6 Å². The van der Waals surface area contributed by atoms with Crippen molar-refractivity contribution in [2.75, 3.05) is 11.9 Å². The summed E-state index contributed by atoms with van der Waals surface area (Å²) in [5, 5.41) is 12.2. The van der Waals surface area contributed by atoms with Crippen molar-refractivity contribution in [1.29, 1.82) is 0 Å². The Morgan fingerprint density at radius 3 is 2.22 bits per heavy atom. The number of hydrogen-bond donors (Lipinski definition) is 1. The van der Waals surface area contributed by atoms with Crippen molar-refractivity contribution in [2.45, 2.75) is 0 Å². The first-order chi connectivity index (χ1) is 17.5. The molecule has 0 atom stereocenters. The maximum Gasteiger partial charge on any atom is 0.359 e. The van der Waals surface area contributed by atoms with E-state index < -0.39 is 18.5 Å². The van der Waals surface area contributed by atoms with Crippen LogP contribution in [0.5, 0.6) is 0 Å². The van der Waals surface area contributed by atoms with Gasteiger partial charge in [0.15, 0.2) is 12.3 Å². The molecule has 0 fully saturated rings. The predicted molar refractivity (Wildman–Crippen MR) is 135 cm³/mol. The molecular weight excluding hydrogens is 458 g/mol. The smallest absolute Gasteiger partial charge is 0.359 e. The molecule has 0 saturated carbocycles. The van der Waals surface area contributed by atoms with Gasteiger partial charge in [-0.15, -0.1) is 0 Å². The van der Waals surface area contributed by atoms with E-state index in [1.165, 1.54) is 7.05 Å². The Hall–Kier alpha value is -5.05. The number of rotatable bonds is 6. The number of amides is 1. The normalized spacial score (nSPS) is 10.8. The van der Waals surface area contributed by atoms with Crippen LogP contribution in [0.15, 0.2) is 95.8 Å². The summed E-state index contributed by atoms with van der Waals surface area (Å²) >= 11 is 0. The summed E-state index contributed by atoms with van der Waals surface area (Å²) in [5.74, 6) is -0.931. The summed E-state index contributed by atoms with van der Waals surface area (Å²) in [6, 6.07) is 27.3. The minimum atomic E-state index is -0.807. The molecule has 9 nitrogen and oxygen atoms in total. The zero-order valence-electron chi connectivity index (χ0n) is 19.3. The summed E-state index contributed by atoms with van der Waals surface area (Å²) in [6.45, 7) is -0.543. The summed E-state index contributed by atoms with van der Waals surface area (Å²) in [4.78, 5) is 37.8. The lowest BCUT2D eigenvalue weighted by Gasteiger charge is -2.10. The minimum absolute atomic E-state index is 0.0406. The molecule has 1 amide bonds. The Labute approximate surface area is 205 Å². The molecule has 2 aromatic heterocycles. The summed E-state index contributed by atoms with van der Waals surface area (Å²) in [6.07, 6.45) is 0. The van der Waals surface area contributed by atoms with Crippen LogP contribution >= 0.6 is 0 Å². The van der Waals surface area contributed by atoms with Gasteiger partial charge in [-0.05, 0) is 18.2 Å². The molecule has 36 heavy (non-hydrogen) atoms. The van der Waals surface area contributed by atoms with E-state index >= 15 is 0 Å². The van der Waals surface area contributed by atoms with Crippen LogP contribution in [0.1, 0.15) is 10.5 Å². The number of para-hydroxylation sites is 1. The number of nitrogens with one attached hydrogen (secondary N) is 1. The molecule has 5 aromatic rings. The van der Waals surface area contributed by atoms with Crippen molar-refractivity contribution >= 4 is 28.5 Å². The number of nitrogens with zero attached hydrogens (tertiary/aromatic N) is 4. The van der Waals surface area contributed by atoms with Gasteiger partial charge in [-0.2, -0.15) is 10.2 Å². The van der Waals surface area contributed by atoms with E-state index in [9.17, 15) is 14.4 Å². The van der Waals surface area contributed by atoms with Crippen molar-refractivity contribution in [3.05, 3.63) is 107 Å². The molecule has 0 aliphatic rings. The Balaban J connectivity index is 1.37. The molecule has 0 aliphatic heterocycles. The lowest BCUT2D eigenvalue weighted by Crippen LogP contribution is -2.26. The molecule has 0 saturated heterocycles. The fourth-order valence-corrected chi connectivity index (χ4v) is 3.82. The van der Waals surface area contributed by atoms with E-state index in [0.717, 1.165) is 15.9 Å². The fraction of sp³-hybridized carbons (Fsp3) is 0.0741. The van der Waals surface area contributed by atoms with E-state index in [1.807, 2.05) is 60.7 Å². The zero-order valence-corrected chi connectivity index (χ0v) is 19.3. The first kappa shape index (κ1) is 22.7. The number of ether oxygens (including phenoxy) is 1. The topological polar surface area (TPSA) is 108 Å². The highest BCUT2D eigenvalue weighted by Gasteiger charge is 2.19. The molecule has 2 heterocycles. The van der Waals surface area contributed by atoms with Gasteiger partial charge in [-0.1, -0.05) is 66.7 Å². The molecule has 0 radical (unpaired) electrons. The summed E-state index contributed by atoms with van der Waals surface area (Å²) in [7, 11) is 1.45. The van der Waals surface area contributed by atoms with E-state index in [-0.39, 0.29) is 11.3 Å². The zero-order chi connectivity index (χ0) is 25.1. The van der Waals surface area contributed by atoms with Crippen LogP contribution < -0.4 is 10.9 Å². The Morgan fingerprint density at radius 2 is 1.50 bits per heavy atom. The Bertz CT molecular complexity index is 1630. The SMILES string of the molecule is Cn1nc(C(=O)OCC(=O)Nc2cc(-c3ccccc3)nn2-c2ccccc2)c2ccccc2c1=O. The van der Waals surface area contributed by atoms with E-state index in [4.69, 9.17) is 4.74 Å². The molecule has 0 spiro atoms. The van der Waals surface area contributed by atoms with Crippen LogP contribution in [0.4, 0.5) is 5.82 Å². The van der Waals surface area contributed by atoms with Gasteiger partial charge in [0.05, 0.1) is 16.8 Å². The number of benzene rings is 3. The summed E-state index contributed by atoms with van der Waals surface area (Å²) < 4.78 is 7.93. The standard InChI is InChI=1S/C27H21N5O4/c1-31-26(34)21-15-9-8-14-20(21)25(30-31)27(35)36-17-24(33)28-23-16-22(18-10-4-2-5-11-18)29-32(23)19-12-6-3-7-13-19/h2-16H,17H2,1H3,(H,28,33). The van der Waals surface area contributed by atoms with Gasteiger partial charge < -0.3 is 10.1 Å². The van der Waals surface area contributed by atoms with Gasteiger partial charge in [0.2, 0.25) is 0 Å². The van der Waals surface area contributed by atoms with Crippen LogP contribution in [0.25, 0.3) is 27.7 Å². The van der Waals surface area contributed by atoms with Gasteiger partial charge in [-0.25, -0.2) is 14.2 Å². The second-order valence-electron chi connectivity index (χ2n) is 7.98. The van der Waals surface area contributed by atoms with Gasteiger partial charge in [0.25, 0.3) is 11.5 Å². The first-order valence-electron chi connectivity index (χ1n) is 11.2. The number of carbonyl (C=O) groups excluding carboxylic acids is 2. The first-order valence-corrected chi connectivity index (χ1v) is 11.2. The van der Waals surface area contributed by atoms with Gasteiger partial charge in [-0.3, -0.25) is 9.59 Å². The third-order valence-electron chi connectivity index (χ3n) is 5.53. The van der Waals surface area contributed by atoms with Crippen molar-refractivity contribution in [2.24, 2.45) is 7.05 Å². The van der Waals surface area contributed by atoms with Crippen LogP contribution in [0.2, 0.25) is 0 Å². The van der Waals surface area contributed by atoms with Crippen molar-refractivity contribution < 1.29 is 14.3 Å². The van der Waals surface area contributed by atoms with Gasteiger partial charge >= 0.3 is 5.97 Å². The number of carbonyl (C=O) groups is 2. The van der Waals surface area contributed by atoms with Gasteiger partial charge in [0, 0.05) is 24.1 Å². The highest BCUT2D eigenvalue weighted by Crippen LogP contribution is 2.24. The van der Waals surface area contributed by atoms with Crippen LogP contribution in [0.3, 0.4) is 0 Å². The average Bonchev–Trinajstić information content (AvgIpc) is 3.34. The molecule has 178 valence electrons. The monoisotopic (exact) mass is 479 g/mol. The lowest BCUT2D eigenvalue weighted by molar-refractivity contribution is -0.119. The van der Waals surface area contributed by atoms with Crippen molar-refractivity contribution in [3.8, 4) is 16.9 Å². The maximum atomic E-state index is 12.8. The molecule has 5 rings (SSSR count). The number of anilines is 1. The highest BCUT2D eigenvalue weighted by atomic mass is 16.5.